The van der Waals surface area contributed by atoms with E-state index >= 15 is 0 Å². The average molecular weight is 355 g/mol. The molecular weight excluding hydrogens is 338 g/mol. The molecule has 128 valence electrons. The minimum atomic E-state index is -0.868. The van der Waals surface area contributed by atoms with Gasteiger partial charge in [0.15, 0.2) is 11.5 Å². The molecule has 1 aliphatic rings. The Labute approximate surface area is 148 Å². The van der Waals surface area contributed by atoms with Gasteiger partial charge in [-0.1, -0.05) is 18.2 Å². The molecule has 2 aromatic carbocycles. The van der Waals surface area contributed by atoms with Crippen LogP contribution in [-0.2, 0) is 11.3 Å². The molecule has 0 aliphatic carbocycles. The summed E-state index contributed by atoms with van der Waals surface area (Å²) in [4.78, 5) is 12.8. The van der Waals surface area contributed by atoms with E-state index in [0.717, 1.165) is 22.1 Å². The highest BCUT2D eigenvalue weighted by atomic mass is 32.1. The number of thiophene rings is 1. The first-order chi connectivity index (χ1) is 12.1. The molecule has 0 atom stereocenters. The fourth-order valence-corrected chi connectivity index (χ4v) is 4.21. The van der Waals surface area contributed by atoms with Crippen molar-refractivity contribution in [3.8, 4) is 22.6 Å². The lowest BCUT2D eigenvalue weighted by molar-refractivity contribution is -0.138. The average Bonchev–Trinajstić information content (AvgIpc) is 2.90. The van der Waals surface area contributed by atoms with E-state index < -0.39 is 5.97 Å². The third kappa shape index (κ3) is 3.06. The van der Waals surface area contributed by atoms with Crippen LogP contribution in [0, 0.1) is 0 Å². The second-order valence-electron chi connectivity index (χ2n) is 6.08. The highest BCUT2D eigenvalue weighted by Crippen LogP contribution is 2.41. The van der Waals surface area contributed by atoms with Crippen LogP contribution in [0.2, 0.25) is 0 Å². The highest BCUT2D eigenvalue weighted by Gasteiger charge is 2.21. The number of phenolic OH excluding ortho intramolecular Hbond substituents is 1. The summed E-state index contributed by atoms with van der Waals surface area (Å²) in [7, 11) is 0. The number of phenols is 1. The lowest BCUT2D eigenvalue weighted by Crippen LogP contribution is -2.31. The van der Waals surface area contributed by atoms with Crippen LogP contribution in [0.15, 0.2) is 41.8 Å². The number of rotatable bonds is 3. The molecule has 0 saturated carbocycles. The van der Waals surface area contributed by atoms with E-state index in [-0.39, 0.29) is 12.3 Å². The van der Waals surface area contributed by atoms with Crippen molar-refractivity contribution < 1.29 is 19.7 Å². The normalized spacial score (nSPS) is 14.7. The number of carboxylic acids is 1. The second kappa shape index (κ2) is 6.38. The highest BCUT2D eigenvalue weighted by molar-refractivity contribution is 7.17. The standard InChI is InChI=1S/C19H17NO4S/c21-16-8-12(15-11-25-17-4-2-1-3-14(15)17)7-13-9-20(10-18(22)23)5-6-24-19(13)16/h1-4,7-8,11,21H,5-6,9-10H2,(H,22,23). The predicted octanol–water partition coefficient (Wildman–Crippen LogP) is 3.55. The molecule has 1 aromatic heterocycles. The van der Waals surface area contributed by atoms with E-state index in [1.165, 1.54) is 4.70 Å². The fourth-order valence-electron chi connectivity index (χ4n) is 3.24. The maximum absolute atomic E-state index is 11.0. The summed E-state index contributed by atoms with van der Waals surface area (Å²) in [5, 5.41) is 22.7. The van der Waals surface area contributed by atoms with Crippen molar-refractivity contribution in [2.24, 2.45) is 0 Å². The van der Waals surface area contributed by atoms with Crippen molar-refractivity contribution in [3.05, 3.63) is 47.3 Å². The number of nitrogens with zero attached hydrogens (tertiary/aromatic N) is 1. The van der Waals surface area contributed by atoms with Crippen LogP contribution in [0.1, 0.15) is 5.56 Å². The molecule has 0 radical (unpaired) electrons. The van der Waals surface area contributed by atoms with E-state index in [9.17, 15) is 9.90 Å². The van der Waals surface area contributed by atoms with E-state index in [1.54, 1.807) is 17.4 Å². The summed E-state index contributed by atoms with van der Waals surface area (Å²) in [6.45, 7) is 1.26. The van der Waals surface area contributed by atoms with Gasteiger partial charge in [0.2, 0.25) is 0 Å². The van der Waals surface area contributed by atoms with Crippen LogP contribution in [0.5, 0.6) is 11.5 Å². The first kappa shape index (κ1) is 15.9. The first-order valence-electron chi connectivity index (χ1n) is 8.01. The van der Waals surface area contributed by atoms with E-state index in [2.05, 4.69) is 17.5 Å². The molecule has 0 unspecified atom stereocenters. The van der Waals surface area contributed by atoms with Crippen molar-refractivity contribution in [2.75, 3.05) is 19.7 Å². The van der Waals surface area contributed by atoms with Gasteiger partial charge >= 0.3 is 5.97 Å². The quantitative estimate of drug-likeness (QED) is 0.752. The van der Waals surface area contributed by atoms with Gasteiger partial charge in [-0.2, -0.15) is 0 Å². The number of fused-ring (bicyclic) bond motifs is 2. The van der Waals surface area contributed by atoms with Gasteiger partial charge in [-0.15, -0.1) is 11.3 Å². The Hall–Kier alpha value is -2.57. The maximum Gasteiger partial charge on any atom is 0.317 e. The SMILES string of the molecule is O=C(O)CN1CCOc2c(O)cc(-c3csc4ccccc34)cc2C1. The van der Waals surface area contributed by atoms with Gasteiger partial charge in [0.1, 0.15) is 6.61 Å². The zero-order valence-corrected chi connectivity index (χ0v) is 14.3. The Morgan fingerprint density at radius 1 is 1.28 bits per heavy atom. The molecule has 0 fully saturated rings. The lowest BCUT2D eigenvalue weighted by atomic mass is 10.0. The zero-order valence-electron chi connectivity index (χ0n) is 13.4. The van der Waals surface area contributed by atoms with Gasteiger partial charge in [0.25, 0.3) is 0 Å². The molecule has 0 saturated heterocycles. The predicted molar refractivity (Wildman–Crippen MR) is 97.3 cm³/mol. The summed E-state index contributed by atoms with van der Waals surface area (Å²) in [6, 6.07) is 11.9. The van der Waals surface area contributed by atoms with Crippen molar-refractivity contribution in [3.63, 3.8) is 0 Å². The molecule has 3 aromatic rings. The summed E-state index contributed by atoms with van der Waals surface area (Å²) < 4.78 is 6.86. The summed E-state index contributed by atoms with van der Waals surface area (Å²) in [5.74, 6) is -0.316. The van der Waals surface area contributed by atoms with Crippen LogP contribution >= 0.6 is 11.3 Å². The molecule has 5 nitrogen and oxygen atoms in total. The van der Waals surface area contributed by atoms with Crippen molar-refractivity contribution in [1.82, 2.24) is 4.90 Å². The molecule has 0 amide bonds. The first-order valence-corrected chi connectivity index (χ1v) is 8.89. The number of hydrogen-bond donors (Lipinski definition) is 2. The Bertz CT molecular complexity index is 950. The largest absolute Gasteiger partial charge is 0.504 e. The van der Waals surface area contributed by atoms with Crippen LogP contribution in [0.25, 0.3) is 21.2 Å². The van der Waals surface area contributed by atoms with Gasteiger partial charge in [-0.05, 0) is 29.1 Å². The number of carboxylic acid groups (broad SMARTS) is 1. The van der Waals surface area contributed by atoms with Gasteiger partial charge in [0.05, 0.1) is 6.54 Å². The summed E-state index contributed by atoms with van der Waals surface area (Å²) in [6.07, 6.45) is 0. The third-order valence-corrected chi connectivity index (χ3v) is 5.31. The van der Waals surface area contributed by atoms with Crippen molar-refractivity contribution in [1.29, 1.82) is 0 Å². The third-order valence-electron chi connectivity index (χ3n) is 4.34. The van der Waals surface area contributed by atoms with Crippen LogP contribution in [0.3, 0.4) is 0 Å². The molecular formula is C19H17NO4S. The molecule has 4 rings (SSSR count). The zero-order chi connectivity index (χ0) is 17.4. The molecule has 6 heteroatoms. The monoisotopic (exact) mass is 355 g/mol. The van der Waals surface area contributed by atoms with Gasteiger partial charge in [-0.25, -0.2) is 0 Å². The van der Waals surface area contributed by atoms with Gasteiger partial charge in [0, 0.05) is 34.3 Å². The van der Waals surface area contributed by atoms with Gasteiger partial charge in [-0.3, -0.25) is 9.69 Å². The fraction of sp³-hybridized carbons (Fsp3) is 0.211. The van der Waals surface area contributed by atoms with Crippen molar-refractivity contribution >= 4 is 27.4 Å². The summed E-state index contributed by atoms with van der Waals surface area (Å²) >= 11 is 1.66. The lowest BCUT2D eigenvalue weighted by Gasteiger charge is -2.16. The molecule has 0 bridgehead atoms. The maximum atomic E-state index is 11.0. The second-order valence-corrected chi connectivity index (χ2v) is 6.99. The van der Waals surface area contributed by atoms with Crippen LogP contribution in [0.4, 0.5) is 0 Å². The van der Waals surface area contributed by atoms with Crippen LogP contribution in [-0.4, -0.2) is 40.8 Å². The Kier molecular flexibility index (Phi) is 4.07. The molecule has 2 heterocycles. The Balaban J connectivity index is 1.78. The molecule has 1 aliphatic heterocycles. The number of hydrogen-bond acceptors (Lipinski definition) is 5. The van der Waals surface area contributed by atoms with E-state index in [1.807, 2.05) is 23.1 Å². The minimum Gasteiger partial charge on any atom is -0.504 e. The van der Waals surface area contributed by atoms with E-state index in [4.69, 9.17) is 9.84 Å². The molecule has 25 heavy (non-hydrogen) atoms. The number of benzene rings is 2. The number of carbonyl (C=O) groups is 1. The molecule has 0 spiro atoms. The Morgan fingerprint density at radius 3 is 2.96 bits per heavy atom. The van der Waals surface area contributed by atoms with Crippen LogP contribution < -0.4 is 4.74 Å². The molecule has 2 N–H and O–H groups in total. The summed E-state index contributed by atoms with van der Waals surface area (Å²) in [5.41, 5.74) is 2.78. The van der Waals surface area contributed by atoms with E-state index in [0.29, 0.717) is 25.4 Å². The minimum absolute atomic E-state index is 0.0465. The number of ether oxygens (including phenoxy) is 1. The van der Waals surface area contributed by atoms with Crippen molar-refractivity contribution in [2.45, 2.75) is 6.54 Å². The van der Waals surface area contributed by atoms with Gasteiger partial charge < -0.3 is 14.9 Å². The number of aliphatic carboxylic acids is 1. The number of aromatic hydroxyl groups is 1. The smallest absolute Gasteiger partial charge is 0.317 e. The Morgan fingerprint density at radius 2 is 2.12 bits per heavy atom. The topological polar surface area (TPSA) is 70.0 Å².